The smallest absolute Gasteiger partial charge is 0.311 e. The van der Waals surface area contributed by atoms with Crippen LogP contribution in [0.5, 0.6) is 5.75 Å². The number of esters is 1. The van der Waals surface area contributed by atoms with Gasteiger partial charge in [0.15, 0.2) is 0 Å². The maximum atomic E-state index is 11.4. The molecule has 0 saturated heterocycles. The lowest BCUT2D eigenvalue weighted by atomic mass is 10.2. The number of rotatable bonds is 7. The minimum atomic E-state index is -0.254. The fourth-order valence-electron chi connectivity index (χ4n) is 1.73. The van der Waals surface area contributed by atoms with E-state index >= 15 is 0 Å². The van der Waals surface area contributed by atoms with Gasteiger partial charge in [0.1, 0.15) is 5.75 Å². The summed E-state index contributed by atoms with van der Waals surface area (Å²) in [5, 5.41) is 4.74. The molecule has 0 aliphatic heterocycles. The first-order valence-corrected chi connectivity index (χ1v) is 7.57. The van der Waals surface area contributed by atoms with Crippen molar-refractivity contribution in [3.63, 3.8) is 0 Å². The molecule has 22 heavy (non-hydrogen) atoms. The molecular weight excluding hydrogens is 302 g/mol. The van der Waals surface area contributed by atoms with Gasteiger partial charge in [0, 0.05) is 16.6 Å². The number of ether oxygens (including phenoxy) is 2. The van der Waals surface area contributed by atoms with E-state index < -0.39 is 0 Å². The highest BCUT2D eigenvalue weighted by molar-refractivity contribution is 7.15. The van der Waals surface area contributed by atoms with Gasteiger partial charge in [-0.2, -0.15) is 5.10 Å². The van der Waals surface area contributed by atoms with Crippen LogP contribution in [0.1, 0.15) is 17.4 Å². The van der Waals surface area contributed by atoms with E-state index in [-0.39, 0.29) is 12.4 Å². The van der Waals surface area contributed by atoms with Gasteiger partial charge in [-0.15, -0.1) is 0 Å². The molecule has 7 heteroatoms. The Hall–Kier alpha value is -2.41. The Labute approximate surface area is 132 Å². The van der Waals surface area contributed by atoms with Crippen LogP contribution >= 0.6 is 11.3 Å². The molecule has 1 heterocycles. The molecule has 0 aliphatic rings. The molecule has 6 nitrogen and oxygen atoms in total. The highest BCUT2D eigenvalue weighted by atomic mass is 32.1. The van der Waals surface area contributed by atoms with Crippen LogP contribution in [0.15, 0.2) is 35.6 Å². The summed E-state index contributed by atoms with van der Waals surface area (Å²) in [6.07, 6.45) is 3.53. The average molecular weight is 319 g/mol. The number of nitrogens with zero attached hydrogens (tertiary/aromatic N) is 2. The Balaban J connectivity index is 1.93. The molecule has 0 atom stereocenters. The van der Waals surface area contributed by atoms with Crippen LogP contribution in [0.4, 0.5) is 5.13 Å². The molecule has 2 aromatic rings. The second kappa shape index (κ2) is 8.14. The fraction of sp³-hybridized carbons (Fsp3) is 0.267. The second-order valence-electron chi connectivity index (χ2n) is 4.23. The number of carbonyl (C=O) groups is 1. The van der Waals surface area contributed by atoms with E-state index in [4.69, 9.17) is 9.47 Å². The zero-order valence-electron chi connectivity index (χ0n) is 12.4. The first-order chi connectivity index (χ1) is 10.7. The SMILES string of the molecule is CCOC(=O)Cc1cnc(N/N=C/c2ccccc2OC)s1. The van der Waals surface area contributed by atoms with E-state index in [1.54, 1.807) is 26.4 Å². The molecule has 0 amide bonds. The summed E-state index contributed by atoms with van der Waals surface area (Å²) >= 11 is 1.36. The van der Waals surface area contributed by atoms with Crippen molar-refractivity contribution in [2.24, 2.45) is 5.10 Å². The van der Waals surface area contributed by atoms with Crippen LogP contribution in [-0.2, 0) is 16.0 Å². The lowest BCUT2D eigenvalue weighted by Crippen LogP contribution is -2.06. The molecule has 1 aromatic heterocycles. The lowest BCUT2D eigenvalue weighted by molar-refractivity contribution is -0.142. The zero-order valence-corrected chi connectivity index (χ0v) is 13.2. The van der Waals surface area contributed by atoms with Crippen LogP contribution in [0.25, 0.3) is 0 Å². The molecule has 0 bridgehead atoms. The van der Waals surface area contributed by atoms with Gasteiger partial charge >= 0.3 is 5.97 Å². The van der Waals surface area contributed by atoms with Gasteiger partial charge in [-0.25, -0.2) is 4.98 Å². The summed E-state index contributed by atoms with van der Waals surface area (Å²) < 4.78 is 10.1. The number of benzene rings is 1. The predicted molar refractivity (Wildman–Crippen MR) is 86.7 cm³/mol. The number of thiazole rings is 1. The van der Waals surface area contributed by atoms with Crippen molar-refractivity contribution in [3.8, 4) is 5.75 Å². The number of para-hydroxylation sites is 1. The Morgan fingerprint density at radius 1 is 1.45 bits per heavy atom. The van der Waals surface area contributed by atoms with Gasteiger partial charge < -0.3 is 9.47 Å². The highest BCUT2D eigenvalue weighted by Crippen LogP contribution is 2.19. The molecule has 116 valence electrons. The topological polar surface area (TPSA) is 72.8 Å². The second-order valence-corrected chi connectivity index (χ2v) is 5.34. The zero-order chi connectivity index (χ0) is 15.8. The number of nitrogens with one attached hydrogen (secondary N) is 1. The van der Waals surface area contributed by atoms with E-state index in [9.17, 15) is 4.79 Å². The van der Waals surface area contributed by atoms with Crippen LogP contribution in [0.2, 0.25) is 0 Å². The van der Waals surface area contributed by atoms with Crippen LogP contribution < -0.4 is 10.2 Å². The molecule has 2 rings (SSSR count). The Kier molecular flexibility index (Phi) is 5.91. The van der Waals surface area contributed by atoms with E-state index in [0.717, 1.165) is 16.2 Å². The summed E-state index contributed by atoms with van der Waals surface area (Å²) in [6, 6.07) is 7.57. The molecule has 0 unspecified atom stereocenters. The van der Waals surface area contributed by atoms with Crippen molar-refractivity contribution < 1.29 is 14.3 Å². The normalized spacial score (nSPS) is 10.6. The number of aromatic nitrogens is 1. The Bertz CT molecular complexity index is 655. The van der Waals surface area contributed by atoms with Gasteiger partial charge in [0.05, 0.1) is 26.4 Å². The monoisotopic (exact) mass is 319 g/mol. The third-order valence-corrected chi connectivity index (χ3v) is 3.58. The van der Waals surface area contributed by atoms with E-state index in [1.165, 1.54) is 11.3 Å². The van der Waals surface area contributed by atoms with Gasteiger partial charge in [0.2, 0.25) is 5.13 Å². The van der Waals surface area contributed by atoms with Crippen LogP contribution in [0.3, 0.4) is 0 Å². The number of carbonyl (C=O) groups excluding carboxylic acids is 1. The number of hydrazone groups is 1. The van der Waals surface area contributed by atoms with Crippen molar-refractivity contribution in [1.82, 2.24) is 4.98 Å². The largest absolute Gasteiger partial charge is 0.496 e. The van der Waals surface area contributed by atoms with E-state index in [2.05, 4.69) is 15.5 Å². The van der Waals surface area contributed by atoms with Gasteiger partial charge in [-0.05, 0) is 19.1 Å². The number of anilines is 1. The molecular formula is C15H17N3O3S. The predicted octanol–water partition coefficient (Wildman–Crippen LogP) is 2.70. The molecule has 0 saturated carbocycles. The quantitative estimate of drug-likeness (QED) is 0.482. The van der Waals surface area contributed by atoms with Gasteiger partial charge in [-0.1, -0.05) is 23.5 Å². The standard InChI is InChI=1S/C15H17N3O3S/c1-3-21-14(19)8-12-10-16-15(22-12)18-17-9-11-6-4-5-7-13(11)20-2/h4-7,9-10H,3,8H2,1-2H3,(H,16,18)/b17-9+. The summed E-state index contributed by atoms with van der Waals surface area (Å²) in [5.41, 5.74) is 3.70. The molecule has 0 spiro atoms. The number of hydrogen-bond acceptors (Lipinski definition) is 7. The molecule has 1 aromatic carbocycles. The highest BCUT2D eigenvalue weighted by Gasteiger charge is 2.07. The molecule has 0 radical (unpaired) electrons. The number of methoxy groups -OCH3 is 1. The first-order valence-electron chi connectivity index (χ1n) is 6.75. The van der Waals surface area contributed by atoms with Gasteiger partial charge in [0.25, 0.3) is 0 Å². The van der Waals surface area contributed by atoms with Gasteiger partial charge in [-0.3, -0.25) is 10.2 Å². The first kappa shape index (κ1) is 16.0. The van der Waals surface area contributed by atoms with Crippen molar-refractivity contribution in [2.75, 3.05) is 19.1 Å². The van der Waals surface area contributed by atoms with E-state index in [0.29, 0.717) is 11.7 Å². The maximum Gasteiger partial charge on any atom is 0.311 e. The molecule has 0 fully saturated rings. The Morgan fingerprint density at radius 2 is 2.27 bits per heavy atom. The van der Waals surface area contributed by atoms with Crippen molar-refractivity contribution in [2.45, 2.75) is 13.3 Å². The lowest BCUT2D eigenvalue weighted by Gasteiger charge is -2.02. The maximum absolute atomic E-state index is 11.4. The molecule has 0 aliphatic carbocycles. The van der Waals surface area contributed by atoms with Crippen LogP contribution in [0, 0.1) is 0 Å². The van der Waals surface area contributed by atoms with Crippen molar-refractivity contribution in [3.05, 3.63) is 40.9 Å². The third-order valence-electron chi connectivity index (χ3n) is 2.68. The van der Waals surface area contributed by atoms with E-state index in [1.807, 2.05) is 24.3 Å². The van der Waals surface area contributed by atoms with Crippen molar-refractivity contribution >= 4 is 28.7 Å². The summed E-state index contributed by atoms with van der Waals surface area (Å²) in [5.74, 6) is 0.491. The molecule has 1 N–H and O–H groups in total. The Morgan fingerprint density at radius 3 is 3.05 bits per heavy atom. The minimum absolute atomic E-state index is 0.226. The minimum Gasteiger partial charge on any atom is -0.496 e. The summed E-state index contributed by atoms with van der Waals surface area (Å²) in [4.78, 5) is 16.4. The summed E-state index contributed by atoms with van der Waals surface area (Å²) in [7, 11) is 1.61. The average Bonchev–Trinajstić information content (AvgIpc) is 2.95. The third kappa shape index (κ3) is 4.56. The summed E-state index contributed by atoms with van der Waals surface area (Å²) in [6.45, 7) is 2.16. The number of hydrogen-bond donors (Lipinski definition) is 1. The fourth-order valence-corrected chi connectivity index (χ4v) is 2.47. The van der Waals surface area contributed by atoms with Crippen LogP contribution in [-0.4, -0.2) is 30.9 Å². The van der Waals surface area contributed by atoms with Crippen molar-refractivity contribution in [1.29, 1.82) is 0 Å².